The first kappa shape index (κ1) is 20.1. The summed E-state index contributed by atoms with van der Waals surface area (Å²) in [7, 11) is 0. The summed E-state index contributed by atoms with van der Waals surface area (Å²) in [5.74, 6) is -1.96. The minimum Gasteiger partial charge on any atom is -0.465 e. The summed E-state index contributed by atoms with van der Waals surface area (Å²) in [6, 6.07) is 4.68. The maximum absolute atomic E-state index is 14.9. The van der Waals surface area contributed by atoms with Crippen LogP contribution in [0.1, 0.15) is 45.1 Å². The van der Waals surface area contributed by atoms with Crippen LogP contribution in [0, 0.1) is 11.2 Å². The molecule has 2 atom stereocenters. The molecule has 2 aliphatic rings. The Bertz CT molecular complexity index is 805. The molecule has 2 aliphatic heterocycles. The standard InChI is InChI=1S/C20H26FN3O4/c1-20(2,3)16-11-23(19(27)28)8-9-24(16)12-4-5-13(15(21)10-12)14-6-7-17(25)22-18(14)26/h4-5,10,14,16H,6-9,11H2,1-3H3,(H,27,28)(H,22,25,26). The Morgan fingerprint density at radius 2 is 1.96 bits per heavy atom. The molecule has 28 heavy (non-hydrogen) atoms. The van der Waals surface area contributed by atoms with E-state index in [4.69, 9.17) is 0 Å². The van der Waals surface area contributed by atoms with E-state index in [-0.39, 0.29) is 29.3 Å². The summed E-state index contributed by atoms with van der Waals surface area (Å²) in [4.78, 5) is 38.2. The SMILES string of the molecule is CC(C)(C)C1CN(C(=O)O)CCN1c1ccc(C2CCC(=O)NC2=O)c(F)c1. The van der Waals surface area contributed by atoms with E-state index in [9.17, 15) is 23.9 Å². The van der Waals surface area contributed by atoms with E-state index < -0.39 is 23.7 Å². The molecule has 0 aliphatic carbocycles. The number of halogens is 1. The van der Waals surface area contributed by atoms with Crippen molar-refractivity contribution in [2.45, 2.75) is 45.6 Å². The third kappa shape index (κ3) is 3.95. The van der Waals surface area contributed by atoms with Gasteiger partial charge in [-0.2, -0.15) is 0 Å². The second kappa shape index (κ2) is 7.41. The topological polar surface area (TPSA) is 90.0 Å². The van der Waals surface area contributed by atoms with Gasteiger partial charge in [0.05, 0.1) is 12.0 Å². The average molecular weight is 391 g/mol. The first-order valence-electron chi connectivity index (χ1n) is 9.45. The lowest BCUT2D eigenvalue weighted by atomic mass is 9.83. The van der Waals surface area contributed by atoms with Crippen LogP contribution in [0.4, 0.5) is 14.9 Å². The molecule has 3 amide bonds. The molecule has 3 rings (SSSR count). The minimum absolute atomic E-state index is 0.113. The van der Waals surface area contributed by atoms with Gasteiger partial charge < -0.3 is 14.9 Å². The van der Waals surface area contributed by atoms with Crippen LogP contribution in [0.2, 0.25) is 0 Å². The molecule has 2 fully saturated rings. The first-order chi connectivity index (χ1) is 13.1. The van der Waals surface area contributed by atoms with Crippen LogP contribution in [0.15, 0.2) is 18.2 Å². The Kier molecular flexibility index (Phi) is 5.32. The fourth-order valence-corrected chi connectivity index (χ4v) is 3.97. The van der Waals surface area contributed by atoms with Crippen molar-refractivity contribution in [2.75, 3.05) is 24.5 Å². The highest BCUT2D eigenvalue weighted by atomic mass is 19.1. The first-order valence-corrected chi connectivity index (χ1v) is 9.45. The Hall–Kier alpha value is -2.64. The molecule has 0 radical (unpaired) electrons. The van der Waals surface area contributed by atoms with Crippen molar-refractivity contribution in [3.63, 3.8) is 0 Å². The van der Waals surface area contributed by atoms with Crippen LogP contribution in [-0.4, -0.2) is 53.6 Å². The molecule has 1 aromatic rings. The quantitative estimate of drug-likeness (QED) is 0.757. The van der Waals surface area contributed by atoms with Crippen molar-refractivity contribution in [1.29, 1.82) is 0 Å². The van der Waals surface area contributed by atoms with E-state index >= 15 is 0 Å². The molecule has 0 bridgehead atoms. The lowest BCUT2D eigenvalue weighted by Crippen LogP contribution is -2.59. The smallest absolute Gasteiger partial charge is 0.407 e. The van der Waals surface area contributed by atoms with Gasteiger partial charge in [-0.15, -0.1) is 0 Å². The van der Waals surface area contributed by atoms with Gasteiger partial charge in [0.2, 0.25) is 11.8 Å². The summed E-state index contributed by atoms with van der Waals surface area (Å²) >= 11 is 0. The predicted molar refractivity (Wildman–Crippen MR) is 102 cm³/mol. The molecule has 2 N–H and O–H groups in total. The molecule has 0 spiro atoms. The number of piperazine rings is 1. The van der Waals surface area contributed by atoms with Gasteiger partial charge in [-0.3, -0.25) is 14.9 Å². The van der Waals surface area contributed by atoms with Gasteiger partial charge >= 0.3 is 6.09 Å². The maximum Gasteiger partial charge on any atom is 0.407 e. The Morgan fingerprint density at radius 3 is 2.54 bits per heavy atom. The number of benzene rings is 1. The number of anilines is 1. The van der Waals surface area contributed by atoms with E-state index in [2.05, 4.69) is 5.32 Å². The summed E-state index contributed by atoms with van der Waals surface area (Å²) in [5, 5.41) is 11.6. The van der Waals surface area contributed by atoms with Crippen molar-refractivity contribution >= 4 is 23.6 Å². The van der Waals surface area contributed by atoms with Crippen molar-refractivity contribution in [3.05, 3.63) is 29.6 Å². The van der Waals surface area contributed by atoms with E-state index in [0.29, 0.717) is 31.7 Å². The number of nitrogens with zero attached hydrogens (tertiary/aromatic N) is 2. The maximum atomic E-state index is 14.9. The summed E-state index contributed by atoms with van der Waals surface area (Å²) in [5.41, 5.74) is 0.733. The molecule has 2 heterocycles. The molecular formula is C20H26FN3O4. The lowest BCUT2D eigenvalue weighted by molar-refractivity contribution is -0.134. The Labute approximate surface area is 163 Å². The zero-order valence-electron chi connectivity index (χ0n) is 16.4. The highest BCUT2D eigenvalue weighted by Crippen LogP contribution is 2.34. The van der Waals surface area contributed by atoms with Gasteiger partial charge in [-0.1, -0.05) is 26.8 Å². The van der Waals surface area contributed by atoms with Gasteiger partial charge in [-0.25, -0.2) is 9.18 Å². The van der Waals surface area contributed by atoms with Crippen molar-refractivity contribution in [3.8, 4) is 0 Å². The number of nitrogens with one attached hydrogen (secondary N) is 1. The molecule has 2 unspecified atom stereocenters. The second-order valence-corrected chi connectivity index (χ2v) is 8.51. The Balaban J connectivity index is 1.87. The zero-order chi connectivity index (χ0) is 20.6. The normalized spacial score (nSPS) is 23.6. The van der Waals surface area contributed by atoms with Crippen LogP contribution < -0.4 is 10.2 Å². The molecule has 1 aromatic carbocycles. The molecule has 0 aromatic heterocycles. The average Bonchev–Trinajstić information content (AvgIpc) is 2.61. The van der Waals surface area contributed by atoms with E-state index in [1.54, 1.807) is 12.1 Å². The van der Waals surface area contributed by atoms with Crippen LogP contribution in [0.3, 0.4) is 0 Å². The van der Waals surface area contributed by atoms with Crippen molar-refractivity contribution < 1.29 is 23.9 Å². The van der Waals surface area contributed by atoms with Crippen molar-refractivity contribution in [2.24, 2.45) is 5.41 Å². The lowest BCUT2D eigenvalue weighted by Gasteiger charge is -2.47. The van der Waals surface area contributed by atoms with E-state index in [1.165, 1.54) is 11.0 Å². The second-order valence-electron chi connectivity index (χ2n) is 8.51. The number of imide groups is 1. The minimum atomic E-state index is -0.951. The number of carboxylic acid groups (broad SMARTS) is 1. The number of carbonyl (C=O) groups excluding carboxylic acids is 2. The van der Waals surface area contributed by atoms with Gasteiger partial charge in [0.25, 0.3) is 0 Å². The van der Waals surface area contributed by atoms with Crippen LogP contribution in [-0.2, 0) is 9.59 Å². The highest BCUT2D eigenvalue weighted by Gasteiger charge is 2.37. The Morgan fingerprint density at radius 1 is 1.25 bits per heavy atom. The van der Waals surface area contributed by atoms with Gasteiger partial charge in [0.15, 0.2) is 0 Å². The van der Waals surface area contributed by atoms with Crippen LogP contribution in [0.25, 0.3) is 0 Å². The number of piperidine rings is 1. The largest absolute Gasteiger partial charge is 0.465 e. The van der Waals surface area contributed by atoms with E-state index in [1.807, 2.05) is 25.7 Å². The van der Waals surface area contributed by atoms with Gasteiger partial charge in [0.1, 0.15) is 5.82 Å². The molecule has 152 valence electrons. The van der Waals surface area contributed by atoms with E-state index in [0.717, 1.165) is 0 Å². The number of carbonyl (C=O) groups is 3. The zero-order valence-corrected chi connectivity index (χ0v) is 16.4. The monoisotopic (exact) mass is 391 g/mol. The fraction of sp³-hybridized carbons (Fsp3) is 0.550. The number of rotatable bonds is 2. The highest BCUT2D eigenvalue weighted by molar-refractivity contribution is 6.01. The number of hydrogen-bond acceptors (Lipinski definition) is 4. The third-order valence-corrected chi connectivity index (χ3v) is 5.58. The van der Waals surface area contributed by atoms with Gasteiger partial charge in [-0.05, 0) is 24.0 Å². The number of hydrogen-bond donors (Lipinski definition) is 2. The molecule has 2 saturated heterocycles. The number of amides is 3. The summed E-state index contributed by atoms with van der Waals surface area (Å²) in [6.45, 7) is 7.25. The molecule has 8 heteroatoms. The summed E-state index contributed by atoms with van der Waals surface area (Å²) < 4.78 is 14.9. The predicted octanol–water partition coefficient (Wildman–Crippen LogP) is 2.56. The fourth-order valence-electron chi connectivity index (χ4n) is 3.97. The van der Waals surface area contributed by atoms with Crippen molar-refractivity contribution in [1.82, 2.24) is 10.2 Å². The summed E-state index contributed by atoms with van der Waals surface area (Å²) in [6.07, 6.45) is -0.461. The molecule has 7 nitrogen and oxygen atoms in total. The van der Waals surface area contributed by atoms with Gasteiger partial charge in [0, 0.05) is 37.3 Å². The molecule has 0 saturated carbocycles. The van der Waals surface area contributed by atoms with Crippen LogP contribution in [0.5, 0.6) is 0 Å². The molecular weight excluding hydrogens is 365 g/mol. The van der Waals surface area contributed by atoms with Crippen LogP contribution >= 0.6 is 0 Å². The third-order valence-electron chi connectivity index (χ3n) is 5.58.